The molecule has 1 heterocycles. The molecule has 3 aromatic carbocycles. The SMILES string of the molecule is CCOc1cccc(N2C(=O)C(Nc3cccc(F)c3)=C(c3ccc(C)c(C)c3)C2=O)c1. The van der Waals surface area contributed by atoms with E-state index in [9.17, 15) is 14.0 Å². The lowest BCUT2D eigenvalue weighted by Crippen LogP contribution is -2.32. The van der Waals surface area contributed by atoms with Crippen LogP contribution in [0.25, 0.3) is 5.57 Å². The number of nitrogens with one attached hydrogen (secondary N) is 1. The van der Waals surface area contributed by atoms with Crippen molar-refractivity contribution in [3.05, 3.63) is 94.9 Å². The quantitative estimate of drug-likeness (QED) is 0.544. The Morgan fingerprint density at radius 1 is 0.906 bits per heavy atom. The highest BCUT2D eigenvalue weighted by Gasteiger charge is 2.40. The molecule has 32 heavy (non-hydrogen) atoms. The summed E-state index contributed by atoms with van der Waals surface area (Å²) in [6, 6.07) is 18.2. The van der Waals surface area contributed by atoms with Crippen LogP contribution in [-0.2, 0) is 9.59 Å². The lowest BCUT2D eigenvalue weighted by molar-refractivity contribution is -0.120. The lowest BCUT2D eigenvalue weighted by atomic mass is 9.99. The Labute approximate surface area is 186 Å². The van der Waals surface area contributed by atoms with E-state index in [1.807, 2.05) is 39.0 Å². The van der Waals surface area contributed by atoms with E-state index in [-0.39, 0.29) is 11.3 Å². The molecule has 0 aromatic heterocycles. The summed E-state index contributed by atoms with van der Waals surface area (Å²) in [6.45, 7) is 6.25. The van der Waals surface area contributed by atoms with Crippen LogP contribution in [0.15, 0.2) is 72.4 Å². The molecule has 0 spiro atoms. The van der Waals surface area contributed by atoms with Gasteiger partial charge in [0.15, 0.2) is 0 Å². The molecule has 0 atom stereocenters. The topological polar surface area (TPSA) is 58.6 Å². The van der Waals surface area contributed by atoms with Crippen LogP contribution in [0, 0.1) is 19.7 Å². The van der Waals surface area contributed by atoms with Gasteiger partial charge in [-0.2, -0.15) is 0 Å². The van der Waals surface area contributed by atoms with Gasteiger partial charge in [0.05, 0.1) is 17.9 Å². The van der Waals surface area contributed by atoms with Gasteiger partial charge in [-0.1, -0.05) is 30.3 Å². The first-order valence-electron chi connectivity index (χ1n) is 10.3. The zero-order valence-electron chi connectivity index (χ0n) is 18.1. The molecule has 0 bridgehead atoms. The van der Waals surface area contributed by atoms with Gasteiger partial charge >= 0.3 is 0 Å². The van der Waals surface area contributed by atoms with Crippen molar-refractivity contribution < 1.29 is 18.7 Å². The molecule has 4 rings (SSSR count). The summed E-state index contributed by atoms with van der Waals surface area (Å²) < 4.78 is 19.3. The highest BCUT2D eigenvalue weighted by atomic mass is 19.1. The summed E-state index contributed by atoms with van der Waals surface area (Å²) in [7, 11) is 0. The highest BCUT2D eigenvalue weighted by Crippen LogP contribution is 2.35. The third kappa shape index (κ3) is 3.99. The Hall–Kier alpha value is -3.93. The minimum absolute atomic E-state index is 0.102. The van der Waals surface area contributed by atoms with Crippen molar-refractivity contribution >= 4 is 28.8 Å². The number of imide groups is 1. The number of anilines is 2. The van der Waals surface area contributed by atoms with Crippen LogP contribution >= 0.6 is 0 Å². The third-order valence-corrected chi connectivity index (χ3v) is 5.36. The number of aryl methyl sites for hydroxylation is 2. The number of halogens is 1. The molecule has 6 heteroatoms. The average molecular weight is 430 g/mol. The molecule has 0 saturated heterocycles. The van der Waals surface area contributed by atoms with Crippen molar-refractivity contribution in [2.45, 2.75) is 20.8 Å². The molecule has 0 aliphatic carbocycles. The van der Waals surface area contributed by atoms with Crippen molar-refractivity contribution in [3.8, 4) is 5.75 Å². The minimum Gasteiger partial charge on any atom is -0.494 e. The molecule has 2 amide bonds. The van der Waals surface area contributed by atoms with Crippen LogP contribution in [0.3, 0.4) is 0 Å². The van der Waals surface area contributed by atoms with E-state index < -0.39 is 17.6 Å². The molecule has 0 fully saturated rings. The van der Waals surface area contributed by atoms with Crippen LogP contribution < -0.4 is 15.0 Å². The van der Waals surface area contributed by atoms with E-state index in [4.69, 9.17) is 4.74 Å². The maximum absolute atomic E-state index is 13.8. The number of nitrogens with zero attached hydrogens (tertiary/aromatic N) is 1. The van der Waals surface area contributed by atoms with Gasteiger partial charge in [-0.05, 0) is 67.8 Å². The fourth-order valence-corrected chi connectivity index (χ4v) is 3.63. The van der Waals surface area contributed by atoms with E-state index >= 15 is 0 Å². The van der Waals surface area contributed by atoms with Crippen molar-refractivity contribution in [2.24, 2.45) is 0 Å². The fraction of sp³-hybridized carbons (Fsp3) is 0.154. The van der Waals surface area contributed by atoms with Gasteiger partial charge in [0.25, 0.3) is 11.8 Å². The molecule has 1 aliphatic rings. The standard InChI is InChI=1S/C26H23FN2O3/c1-4-32-22-10-6-9-21(15-22)29-25(30)23(18-12-11-16(2)17(3)13-18)24(26(29)31)28-20-8-5-7-19(27)14-20/h5-15,28H,4H2,1-3H3. The summed E-state index contributed by atoms with van der Waals surface area (Å²) in [6.07, 6.45) is 0. The van der Waals surface area contributed by atoms with Gasteiger partial charge in [0.1, 0.15) is 17.3 Å². The Balaban J connectivity index is 1.82. The average Bonchev–Trinajstić information content (AvgIpc) is 3.00. The number of rotatable bonds is 6. The monoisotopic (exact) mass is 430 g/mol. The summed E-state index contributed by atoms with van der Waals surface area (Å²) in [5.74, 6) is -0.849. The van der Waals surface area contributed by atoms with Crippen LogP contribution in [0.5, 0.6) is 5.75 Å². The fourth-order valence-electron chi connectivity index (χ4n) is 3.63. The summed E-state index contributed by atoms with van der Waals surface area (Å²) in [5, 5.41) is 2.98. The van der Waals surface area contributed by atoms with E-state index in [2.05, 4.69) is 5.32 Å². The zero-order valence-corrected chi connectivity index (χ0v) is 18.1. The predicted octanol–water partition coefficient (Wildman–Crippen LogP) is 5.24. The van der Waals surface area contributed by atoms with Crippen molar-refractivity contribution in [1.82, 2.24) is 0 Å². The van der Waals surface area contributed by atoms with Gasteiger partial charge in [-0.3, -0.25) is 9.59 Å². The number of hydrogen-bond acceptors (Lipinski definition) is 4. The number of carbonyl (C=O) groups excluding carboxylic acids is 2. The maximum Gasteiger partial charge on any atom is 0.282 e. The first-order valence-corrected chi connectivity index (χ1v) is 10.3. The number of benzene rings is 3. The molecule has 1 aliphatic heterocycles. The summed E-state index contributed by atoms with van der Waals surface area (Å²) >= 11 is 0. The van der Waals surface area contributed by atoms with E-state index in [0.29, 0.717) is 29.3 Å². The Bertz CT molecular complexity index is 1250. The predicted molar refractivity (Wildman–Crippen MR) is 123 cm³/mol. The molecule has 5 nitrogen and oxygen atoms in total. The zero-order chi connectivity index (χ0) is 22.8. The Morgan fingerprint density at radius 3 is 2.41 bits per heavy atom. The van der Waals surface area contributed by atoms with Crippen molar-refractivity contribution in [1.29, 1.82) is 0 Å². The second-order valence-corrected chi connectivity index (χ2v) is 7.56. The highest BCUT2D eigenvalue weighted by molar-refractivity contribution is 6.46. The van der Waals surface area contributed by atoms with Crippen LogP contribution in [0.4, 0.5) is 15.8 Å². The van der Waals surface area contributed by atoms with Crippen LogP contribution in [0.1, 0.15) is 23.6 Å². The Morgan fingerprint density at radius 2 is 1.69 bits per heavy atom. The van der Waals surface area contributed by atoms with Gasteiger partial charge in [0.2, 0.25) is 0 Å². The maximum atomic E-state index is 13.8. The van der Waals surface area contributed by atoms with Gasteiger partial charge in [-0.25, -0.2) is 9.29 Å². The van der Waals surface area contributed by atoms with Gasteiger partial charge in [-0.15, -0.1) is 0 Å². The lowest BCUT2D eigenvalue weighted by Gasteiger charge is -2.16. The molecule has 0 radical (unpaired) electrons. The largest absolute Gasteiger partial charge is 0.494 e. The second kappa shape index (κ2) is 8.67. The van der Waals surface area contributed by atoms with Crippen LogP contribution in [0.2, 0.25) is 0 Å². The Kier molecular flexibility index (Phi) is 5.77. The number of amides is 2. The van der Waals surface area contributed by atoms with Crippen molar-refractivity contribution in [3.63, 3.8) is 0 Å². The van der Waals surface area contributed by atoms with Gasteiger partial charge < -0.3 is 10.1 Å². The first-order chi connectivity index (χ1) is 15.4. The van der Waals surface area contributed by atoms with E-state index in [1.54, 1.807) is 36.4 Å². The van der Waals surface area contributed by atoms with E-state index in [0.717, 1.165) is 16.0 Å². The molecule has 3 aromatic rings. The minimum atomic E-state index is -0.513. The smallest absolute Gasteiger partial charge is 0.282 e. The van der Waals surface area contributed by atoms with Crippen molar-refractivity contribution in [2.75, 3.05) is 16.8 Å². The summed E-state index contributed by atoms with van der Waals surface area (Å²) in [5.41, 5.74) is 3.82. The van der Waals surface area contributed by atoms with Gasteiger partial charge in [0, 0.05) is 11.8 Å². The number of hydrogen-bond donors (Lipinski definition) is 1. The third-order valence-electron chi connectivity index (χ3n) is 5.36. The second-order valence-electron chi connectivity index (χ2n) is 7.56. The van der Waals surface area contributed by atoms with E-state index in [1.165, 1.54) is 12.1 Å². The normalized spacial score (nSPS) is 13.7. The first kappa shape index (κ1) is 21.3. The number of carbonyl (C=O) groups is 2. The molecular weight excluding hydrogens is 407 g/mol. The van der Waals surface area contributed by atoms with Crippen LogP contribution in [-0.4, -0.2) is 18.4 Å². The summed E-state index contributed by atoms with van der Waals surface area (Å²) in [4.78, 5) is 28.1. The molecule has 0 saturated carbocycles. The molecule has 0 unspecified atom stereocenters. The molecular formula is C26H23FN2O3. The number of ether oxygens (including phenoxy) is 1. The molecule has 1 N–H and O–H groups in total. The molecule has 162 valence electrons.